The van der Waals surface area contributed by atoms with Gasteiger partial charge in [0.05, 0.1) is 41.0 Å². The summed E-state index contributed by atoms with van der Waals surface area (Å²) in [5.74, 6) is 0.483. The normalized spacial score (nSPS) is 15.9. The molecule has 0 saturated heterocycles. The van der Waals surface area contributed by atoms with Gasteiger partial charge in [0.25, 0.3) is 0 Å². The molecule has 1 aliphatic rings. The first-order valence-electron chi connectivity index (χ1n) is 16.1. The van der Waals surface area contributed by atoms with Gasteiger partial charge in [0.1, 0.15) is 6.07 Å². The number of anilines is 2. The summed E-state index contributed by atoms with van der Waals surface area (Å²) in [7, 11) is 3.85. The lowest BCUT2D eigenvalue weighted by Crippen LogP contribution is -2.48. The zero-order chi connectivity index (χ0) is 33.0. The number of hydrogen-bond acceptors (Lipinski definition) is 7. The number of nitrogens with one attached hydrogen (secondary N) is 2. The van der Waals surface area contributed by atoms with Crippen molar-refractivity contribution < 1.29 is 4.79 Å². The Morgan fingerprint density at radius 2 is 1.71 bits per heavy atom. The van der Waals surface area contributed by atoms with Gasteiger partial charge in [-0.25, -0.2) is 19.7 Å². The Hall–Kier alpha value is -6.02. The molecule has 0 spiro atoms. The van der Waals surface area contributed by atoms with Crippen LogP contribution in [-0.2, 0) is 20.6 Å². The van der Waals surface area contributed by atoms with Gasteiger partial charge in [0.15, 0.2) is 0 Å². The minimum atomic E-state index is -0.116. The third kappa shape index (κ3) is 6.46. The molecule has 0 radical (unpaired) electrons. The molecule has 11 nitrogen and oxygen atoms in total. The summed E-state index contributed by atoms with van der Waals surface area (Å²) in [6.45, 7) is 0.451. The molecule has 3 aromatic heterocycles. The van der Waals surface area contributed by atoms with Gasteiger partial charge in [-0.3, -0.25) is 9.58 Å². The second kappa shape index (κ2) is 13.4. The summed E-state index contributed by atoms with van der Waals surface area (Å²) in [4.78, 5) is 29.4. The Morgan fingerprint density at radius 1 is 0.938 bits per heavy atom. The van der Waals surface area contributed by atoms with Gasteiger partial charge < -0.3 is 15.2 Å². The lowest BCUT2D eigenvalue weighted by Gasteiger charge is -2.37. The molecule has 2 amide bonds. The van der Waals surface area contributed by atoms with Crippen molar-refractivity contribution in [1.29, 1.82) is 5.26 Å². The molecule has 0 aliphatic heterocycles. The summed E-state index contributed by atoms with van der Waals surface area (Å²) in [5, 5.41) is 20.7. The molecule has 240 valence electrons. The fourth-order valence-corrected chi connectivity index (χ4v) is 6.43. The topological polar surface area (TPSA) is 130 Å². The van der Waals surface area contributed by atoms with E-state index in [0.29, 0.717) is 23.8 Å². The van der Waals surface area contributed by atoms with E-state index in [0.717, 1.165) is 64.7 Å². The Labute approximate surface area is 278 Å². The highest BCUT2D eigenvalue weighted by Crippen LogP contribution is 2.32. The van der Waals surface area contributed by atoms with Gasteiger partial charge in [-0.15, -0.1) is 0 Å². The van der Waals surface area contributed by atoms with Crippen LogP contribution in [0, 0.1) is 11.3 Å². The van der Waals surface area contributed by atoms with Crippen molar-refractivity contribution in [3.05, 3.63) is 109 Å². The predicted octanol–water partition coefficient (Wildman–Crippen LogP) is 6.44. The molecule has 11 heteroatoms. The lowest BCUT2D eigenvalue weighted by molar-refractivity contribution is 0.240. The maximum absolute atomic E-state index is 13.8. The smallest absolute Gasteiger partial charge is 0.322 e. The molecular weight excluding hydrogens is 600 g/mol. The number of nitriles is 1. The standard InChI is InChI=1S/C37H36N10O/c1-45-24-41-33-18-27(10-17-34(33)45)35-28(19-38)21-39-36(44-35)43-30-11-15-32(16-12-30)47(37(48)40-20-25-6-4-3-5-7-25)31-13-8-26(9-14-31)29-22-42-46(2)23-29/h3-10,13-14,17-18,21-24,30,32H,11-12,15-16,20H2,1-2H3,(H,40,48)(H,39,43,44). The summed E-state index contributed by atoms with van der Waals surface area (Å²) in [6.07, 6.45) is 10.4. The first-order valence-corrected chi connectivity index (χ1v) is 16.1. The van der Waals surface area contributed by atoms with Gasteiger partial charge >= 0.3 is 6.03 Å². The Bertz CT molecular complexity index is 2090. The third-order valence-corrected chi connectivity index (χ3v) is 8.99. The van der Waals surface area contributed by atoms with Crippen LogP contribution in [0.2, 0.25) is 0 Å². The molecule has 48 heavy (non-hydrogen) atoms. The number of carbonyl (C=O) groups is 1. The van der Waals surface area contributed by atoms with Crippen LogP contribution in [0.25, 0.3) is 33.4 Å². The van der Waals surface area contributed by atoms with E-state index in [9.17, 15) is 10.1 Å². The molecule has 0 atom stereocenters. The van der Waals surface area contributed by atoms with Gasteiger partial charge in [-0.05, 0) is 61.1 Å². The molecule has 6 aromatic rings. The number of carbonyl (C=O) groups excluding carboxylic acids is 1. The highest BCUT2D eigenvalue weighted by molar-refractivity contribution is 5.93. The van der Waals surface area contributed by atoms with Crippen molar-refractivity contribution in [2.75, 3.05) is 10.2 Å². The van der Waals surface area contributed by atoms with Crippen LogP contribution in [0.3, 0.4) is 0 Å². The number of aryl methyl sites for hydroxylation is 2. The zero-order valence-electron chi connectivity index (χ0n) is 26.9. The highest BCUT2D eigenvalue weighted by atomic mass is 16.2. The van der Waals surface area contributed by atoms with Crippen molar-refractivity contribution in [2.45, 2.75) is 44.3 Å². The molecule has 2 N–H and O–H groups in total. The molecule has 1 aliphatic carbocycles. The minimum absolute atomic E-state index is 0.0191. The van der Waals surface area contributed by atoms with Crippen molar-refractivity contribution in [3.63, 3.8) is 0 Å². The molecule has 3 heterocycles. The van der Waals surface area contributed by atoms with Crippen LogP contribution in [0.1, 0.15) is 36.8 Å². The number of rotatable bonds is 8. The number of hydrogen-bond donors (Lipinski definition) is 2. The fraction of sp³-hybridized carbons (Fsp3) is 0.243. The summed E-state index contributed by atoms with van der Waals surface area (Å²) in [5.41, 5.74) is 7.63. The molecule has 1 saturated carbocycles. The number of fused-ring (bicyclic) bond motifs is 1. The van der Waals surface area contributed by atoms with E-state index >= 15 is 0 Å². The number of benzene rings is 3. The van der Waals surface area contributed by atoms with Crippen molar-refractivity contribution in [2.24, 2.45) is 14.1 Å². The minimum Gasteiger partial charge on any atom is -0.351 e. The van der Waals surface area contributed by atoms with Gasteiger partial charge in [-0.1, -0.05) is 48.5 Å². The van der Waals surface area contributed by atoms with Crippen LogP contribution < -0.4 is 15.5 Å². The molecule has 0 unspecified atom stereocenters. The third-order valence-electron chi connectivity index (χ3n) is 8.99. The van der Waals surface area contributed by atoms with Crippen LogP contribution in [0.4, 0.5) is 16.4 Å². The number of urea groups is 1. The number of imidazole rings is 1. The van der Waals surface area contributed by atoms with Crippen LogP contribution in [0.15, 0.2) is 97.7 Å². The second-order valence-corrected chi connectivity index (χ2v) is 12.2. The van der Waals surface area contributed by atoms with E-state index < -0.39 is 0 Å². The first kappa shape index (κ1) is 30.6. The Balaban J connectivity index is 1.07. The maximum atomic E-state index is 13.8. The average molecular weight is 637 g/mol. The highest BCUT2D eigenvalue weighted by Gasteiger charge is 2.30. The summed E-state index contributed by atoms with van der Waals surface area (Å²) >= 11 is 0. The summed E-state index contributed by atoms with van der Waals surface area (Å²) in [6, 6.07) is 26.2. The van der Waals surface area contributed by atoms with Gasteiger partial charge in [0, 0.05) is 55.7 Å². The monoisotopic (exact) mass is 636 g/mol. The number of aromatic nitrogens is 6. The van der Waals surface area contributed by atoms with Crippen LogP contribution in [-0.4, -0.2) is 47.4 Å². The first-order chi connectivity index (χ1) is 23.4. The lowest BCUT2D eigenvalue weighted by atomic mass is 9.90. The van der Waals surface area contributed by atoms with Gasteiger partial charge in [-0.2, -0.15) is 10.4 Å². The zero-order valence-corrected chi connectivity index (χ0v) is 26.9. The van der Waals surface area contributed by atoms with Crippen molar-refractivity contribution in [1.82, 2.24) is 34.6 Å². The van der Waals surface area contributed by atoms with E-state index in [1.165, 1.54) is 0 Å². The molecule has 0 bridgehead atoms. The van der Waals surface area contributed by atoms with Crippen molar-refractivity contribution >= 4 is 28.7 Å². The Morgan fingerprint density at radius 3 is 2.44 bits per heavy atom. The van der Waals surface area contributed by atoms with Gasteiger partial charge in [0.2, 0.25) is 5.95 Å². The van der Waals surface area contributed by atoms with E-state index in [-0.39, 0.29) is 18.1 Å². The fourth-order valence-electron chi connectivity index (χ4n) is 6.43. The Kier molecular flexibility index (Phi) is 8.53. The number of amides is 2. The SMILES string of the molecule is Cn1cc(-c2ccc(N(C(=O)NCc3ccccc3)C3CCC(Nc4ncc(C#N)c(-c5ccc6c(c5)ncn6C)n4)CC3)cc2)cn1. The van der Waals surface area contributed by atoms with E-state index in [2.05, 4.69) is 31.8 Å². The molecular formula is C37H36N10O. The second-order valence-electron chi connectivity index (χ2n) is 12.2. The number of nitrogens with zero attached hydrogens (tertiary/aromatic N) is 8. The van der Waals surface area contributed by atoms with Crippen LogP contribution >= 0.6 is 0 Å². The predicted molar refractivity (Wildman–Crippen MR) is 186 cm³/mol. The van der Waals surface area contributed by atoms with E-state index in [4.69, 9.17) is 4.98 Å². The van der Waals surface area contributed by atoms with E-state index in [1.807, 2.05) is 109 Å². The maximum Gasteiger partial charge on any atom is 0.322 e. The quantitative estimate of drug-likeness (QED) is 0.197. The van der Waals surface area contributed by atoms with Crippen LogP contribution in [0.5, 0.6) is 0 Å². The molecule has 7 rings (SSSR count). The average Bonchev–Trinajstić information content (AvgIpc) is 3.73. The van der Waals surface area contributed by atoms with E-state index in [1.54, 1.807) is 17.2 Å². The molecule has 1 fully saturated rings. The molecule has 3 aromatic carbocycles. The largest absolute Gasteiger partial charge is 0.351 e. The summed E-state index contributed by atoms with van der Waals surface area (Å²) < 4.78 is 3.74. The van der Waals surface area contributed by atoms with Crippen molar-refractivity contribution in [3.8, 4) is 28.5 Å².